The minimum atomic E-state index is -0.358. The van der Waals surface area contributed by atoms with E-state index in [9.17, 15) is 10.1 Å². The zero-order valence-corrected chi connectivity index (χ0v) is 13.5. The molecule has 122 valence electrons. The van der Waals surface area contributed by atoms with Crippen LogP contribution in [0.1, 0.15) is 44.1 Å². The molecular formula is C17H27N2O3+. The third-order valence-electron chi connectivity index (χ3n) is 4.37. The number of aryl methyl sites for hydroxylation is 1. The van der Waals surface area contributed by atoms with Gasteiger partial charge in [-0.1, -0.05) is 0 Å². The summed E-state index contributed by atoms with van der Waals surface area (Å²) in [6, 6.07) is 4.95. The molecule has 5 heteroatoms. The number of benzene rings is 1. The number of nitrogens with zero attached hydrogens (tertiary/aromatic N) is 1. The van der Waals surface area contributed by atoms with Gasteiger partial charge in [0.2, 0.25) is 0 Å². The minimum Gasteiger partial charge on any atom is -0.494 e. The molecule has 0 saturated carbocycles. The smallest absolute Gasteiger partial charge is 0.272 e. The topological polar surface area (TPSA) is 56.8 Å². The highest BCUT2D eigenvalue weighted by molar-refractivity contribution is 5.44. The first kappa shape index (κ1) is 16.7. The molecule has 0 radical (unpaired) electrons. The third kappa shape index (κ3) is 5.30. The number of rotatable bonds is 7. The van der Waals surface area contributed by atoms with Crippen molar-refractivity contribution in [2.24, 2.45) is 0 Å². The maximum Gasteiger partial charge on any atom is 0.272 e. The number of nitro benzene ring substituents is 1. The first-order chi connectivity index (χ1) is 10.7. The van der Waals surface area contributed by atoms with Gasteiger partial charge < -0.3 is 9.64 Å². The van der Waals surface area contributed by atoms with Crippen LogP contribution in [0.25, 0.3) is 0 Å². The van der Waals surface area contributed by atoms with Gasteiger partial charge in [0, 0.05) is 11.6 Å². The van der Waals surface area contributed by atoms with E-state index in [1.54, 1.807) is 24.0 Å². The normalized spacial score (nSPS) is 16.2. The molecule has 0 unspecified atom stereocenters. The molecule has 1 aliphatic rings. The molecule has 0 bridgehead atoms. The van der Waals surface area contributed by atoms with E-state index in [2.05, 4.69) is 0 Å². The summed E-state index contributed by atoms with van der Waals surface area (Å²) in [5, 5.41) is 10.8. The standard InChI is InChI=1S/C17H26N2O3/c1-15-14-16(8-9-17(15)19(20)21)22-13-7-6-12-18-10-4-2-3-5-11-18/h8-9,14H,2-7,10-13H2,1H3/p+1. The van der Waals surface area contributed by atoms with Crippen LogP contribution in [0.4, 0.5) is 5.69 Å². The Morgan fingerprint density at radius 1 is 1.18 bits per heavy atom. The summed E-state index contributed by atoms with van der Waals surface area (Å²) in [6.45, 7) is 6.31. The minimum absolute atomic E-state index is 0.150. The number of ether oxygens (including phenoxy) is 1. The molecule has 22 heavy (non-hydrogen) atoms. The number of hydrogen-bond donors (Lipinski definition) is 1. The molecular weight excluding hydrogens is 280 g/mol. The summed E-state index contributed by atoms with van der Waals surface area (Å²) in [4.78, 5) is 12.2. The summed E-state index contributed by atoms with van der Waals surface area (Å²) < 4.78 is 5.70. The molecule has 0 spiro atoms. The average Bonchev–Trinajstić information content (AvgIpc) is 2.75. The van der Waals surface area contributed by atoms with Crippen molar-refractivity contribution in [2.45, 2.75) is 45.4 Å². The molecule has 0 aromatic heterocycles. The molecule has 1 aromatic rings. The predicted octanol–water partition coefficient (Wildman–Crippen LogP) is 2.52. The van der Waals surface area contributed by atoms with Gasteiger partial charge in [-0.2, -0.15) is 0 Å². The number of unbranched alkanes of at least 4 members (excludes halogenated alkanes) is 1. The Morgan fingerprint density at radius 3 is 2.55 bits per heavy atom. The average molecular weight is 307 g/mol. The van der Waals surface area contributed by atoms with E-state index in [1.165, 1.54) is 57.8 Å². The van der Waals surface area contributed by atoms with E-state index in [0.29, 0.717) is 12.2 Å². The largest absolute Gasteiger partial charge is 0.494 e. The maximum atomic E-state index is 10.8. The molecule has 0 amide bonds. The summed E-state index contributed by atoms with van der Waals surface area (Å²) in [7, 11) is 0. The summed E-state index contributed by atoms with van der Waals surface area (Å²) in [5.74, 6) is 0.727. The first-order valence-electron chi connectivity index (χ1n) is 8.38. The SMILES string of the molecule is Cc1cc(OCCCC[NH+]2CCCCCC2)ccc1[N+](=O)[O-]. The molecule has 1 heterocycles. The van der Waals surface area contributed by atoms with Gasteiger partial charge in [-0.3, -0.25) is 10.1 Å². The lowest BCUT2D eigenvalue weighted by Crippen LogP contribution is -3.11. The lowest BCUT2D eigenvalue weighted by molar-refractivity contribution is -0.899. The van der Waals surface area contributed by atoms with E-state index >= 15 is 0 Å². The highest BCUT2D eigenvalue weighted by atomic mass is 16.6. The zero-order valence-electron chi connectivity index (χ0n) is 13.5. The van der Waals surface area contributed by atoms with Gasteiger partial charge >= 0.3 is 0 Å². The Morgan fingerprint density at radius 2 is 1.91 bits per heavy atom. The van der Waals surface area contributed by atoms with E-state index in [0.717, 1.165) is 12.2 Å². The molecule has 5 nitrogen and oxygen atoms in total. The maximum absolute atomic E-state index is 10.8. The summed E-state index contributed by atoms with van der Waals surface area (Å²) in [5.41, 5.74) is 0.800. The fourth-order valence-electron chi connectivity index (χ4n) is 3.07. The highest BCUT2D eigenvalue weighted by Gasteiger charge is 2.12. The van der Waals surface area contributed by atoms with Crippen molar-refractivity contribution >= 4 is 5.69 Å². The van der Waals surface area contributed by atoms with E-state index in [1.807, 2.05) is 0 Å². The van der Waals surface area contributed by atoms with E-state index in [-0.39, 0.29) is 10.6 Å². The Kier molecular flexibility index (Phi) is 6.65. The van der Waals surface area contributed by atoms with Crippen LogP contribution in [0.2, 0.25) is 0 Å². The van der Waals surface area contributed by atoms with Gasteiger partial charge in [-0.25, -0.2) is 0 Å². The summed E-state index contributed by atoms with van der Waals surface area (Å²) in [6.07, 6.45) is 7.75. The molecule has 1 fully saturated rings. The van der Waals surface area contributed by atoms with Crippen molar-refractivity contribution in [2.75, 3.05) is 26.2 Å². The number of hydrogen-bond acceptors (Lipinski definition) is 3. The van der Waals surface area contributed by atoms with E-state index in [4.69, 9.17) is 4.74 Å². The second-order valence-electron chi connectivity index (χ2n) is 6.18. The van der Waals surface area contributed by atoms with Crippen molar-refractivity contribution in [3.8, 4) is 5.75 Å². The lowest BCUT2D eigenvalue weighted by atomic mass is 10.2. The van der Waals surface area contributed by atoms with Crippen LogP contribution < -0.4 is 9.64 Å². The summed E-state index contributed by atoms with van der Waals surface area (Å²) >= 11 is 0. The number of nitrogens with one attached hydrogen (secondary N) is 1. The second-order valence-corrected chi connectivity index (χ2v) is 6.18. The molecule has 2 rings (SSSR count). The number of quaternary nitrogens is 1. The fraction of sp³-hybridized carbons (Fsp3) is 0.647. The van der Waals surface area contributed by atoms with Crippen molar-refractivity contribution in [1.29, 1.82) is 0 Å². The Labute approximate surface area is 132 Å². The van der Waals surface area contributed by atoms with Gasteiger partial charge in [-0.15, -0.1) is 0 Å². The molecule has 0 atom stereocenters. The van der Waals surface area contributed by atoms with Gasteiger partial charge in [0.1, 0.15) is 5.75 Å². The Hall–Kier alpha value is -1.62. The zero-order chi connectivity index (χ0) is 15.8. The fourth-order valence-corrected chi connectivity index (χ4v) is 3.07. The van der Waals surface area contributed by atoms with Crippen LogP contribution in [-0.4, -0.2) is 31.2 Å². The second kappa shape index (κ2) is 8.73. The molecule has 1 aliphatic heterocycles. The van der Waals surface area contributed by atoms with Crippen molar-refractivity contribution in [3.05, 3.63) is 33.9 Å². The molecule has 1 aromatic carbocycles. The van der Waals surface area contributed by atoms with Gasteiger partial charge in [0.25, 0.3) is 5.69 Å². The third-order valence-corrected chi connectivity index (χ3v) is 4.37. The van der Waals surface area contributed by atoms with Crippen LogP contribution in [0, 0.1) is 17.0 Å². The van der Waals surface area contributed by atoms with Crippen LogP contribution >= 0.6 is 0 Å². The molecule has 1 N–H and O–H groups in total. The molecule has 0 aliphatic carbocycles. The lowest BCUT2D eigenvalue weighted by Gasteiger charge is -2.16. The van der Waals surface area contributed by atoms with Crippen molar-refractivity contribution in [1.82, 2.24) is 0 Å². The van der Waals surface area contributed by atoms with Crippen LogP contribution in [0.5, 0.6) is 5.75 Å². The highest BCUT2D eigenvalue weighted by Crippen LogP contribution is 2.23. The van der Waals surface area contributed by atoms with Gasteiger partial charge in [0.05, 0.1) is 31.2 Å². The van der Waals surface area contributed by atoms with Crippen LogP contribution in [0.3, 0.4) is 0 Å². The van der Waals surface area contributed by atoms with Crippen molar-refractivity contribution < 1.29 is 14.6 Å². The van der Waals surface area contributed by atoms with Crippen LogP contribution in [0.15, 0.2) is 18.2 Å². The van der Waals surface area contributed by atoms with E-state index < -0.39 is 0 Å². The number of likely N-dealkylation sites (tertiary alicyclic amines) is 1. The van der Waals surface area contributed by atoms with Crippen molar-refractivity contribution in [3.63, 3.8) is 0 Å². The van der Waals surface area contributed by atoms with Gasteiger partial charge in [-0.05, 0) is 57.6 Å². The van der Waals surface area contributed by atoms with Crippen LogP contribution in [-0.2, 0) is 0 Å². The first-order valence-corrected chi connectivity index (χ1v) is 8.38. The Bertz CT molecular complexity index is 483. The quantitative estimate of drug-likeness (QED) is 0.478. The predicted molar refractivity (Wildman–Crippen MR) is 86.6 cm³/mol. The Balaban J connectivity index is 1.66. The monoisotopic (exact) mass is 307 g/mol. The number of nitro groups is 1. The van der Waals surface area contributed by atoms with Gasteiger partial charge in [0.15, 0.2) is 0 Å². The molecule has 1 saturated heterocycles.